The van der Waals surface area contributed by atoms with Gasteiger partial charge in [-0.15, -0.1) is 0 Å². The number of nitrogens with zero attached hydrogens (tertiary/aromatic N) is 1. The smallest absolute Gasteiger partial charge is 0.374 e. The van der Waals surface area contributed by atoms with E-state index in [0.717, 1.165) is 41.7 Å². The first kappa shape index (κ1) is 23.8. The minimum absolute atomic E-state index is 0.0778. The van der Waals surface area contributed by atoms with Crippen molar-refractivity contribution in [3.05, 3.63) is 67.9 Å². The molecule has 10 heteroatoms. The summed E-state index contributed by atoms with van der Waals surface area (Å²) in [5.74, 6) is -1.08. The van der Waals surface area contributed by atoms with Crippen molar-refractivity contribution in [3.63, 3.8) is 0 Å². The Labute approximate surface area is 197 Å². The Kier molecular flexibility index (Phi) is 6.35. The molecule has 4 nitrogen and oxygen atoms in total. The van der Waals surface area contributed by atoms with E-state index in [0.29, 0.717) is 24.9 Å². The van der Waals surface area contributed by atoms with Gasteiger partial charge in [0, 0.05) is 30.5 Å². The predicted octanol–water partition coefficient (Wildman–Crippen LogP) is 6.23. The summed E-state index contributed by atoms with van der Waals surface area (Å²) in [4.78, 5) is 16.7. The van der Waals surface area contributed by atoms with Crippen LogP contribution >= 0.6 is 23.2 Å². The fourth-order valence-electron chi connectivity index (χ4n) is 4.37. The summed E-state index contributed by atoms with van der Waals surface area (Å²) in [5.41, 5.74) is 0.345. The van der Waals surface area contributed by atoms with Crippen molar-refractivity contribution < 1.29 is 27.2 Å². The molecule has 2 aromatic carbocycles. The molecule has 176 valence electrons. The first-order valence-corrected chi connectivity index (χ1v) is 11.2. The highest BCUT2D eigenvalue weighted by molar-refractivity contribution is 6.35. The molecule has 0 saturated carbocycles. The molecular weight excluding hydrogens is 483 g/mol. The fourth-order valence-corrected chi connectivity index (χ4v) is 4.86. The third kappa shape index (κ3) is 4.19. The highest BCUT2D eigenvalue weighted by Crippen LogP contribution is 2.50. The van der Waals surface area contributed by atoms with Gasteiger partial charge in [0.25, 0.3) is 5.60 Å². The largest absolute Gasteiger partial charge is 0.435 e. The van der Waals surface area contributed by atoms with Gasteiger partial charge in [0.2, 0.25) is 5.91 Å². The van der Waals surface area contributed by atoms with E-state index in [1.807, 2.05) is 0 Å². The van der Waals surface area contributed by atoms with Crippen molar-refractivity contribution in [1.82, 2.24) is 5.32 Å². The zero-order chi connectivity index (χ0) is 24.0. The van der Waals surface area contributed by atoms with Crippen molar-refractivity contribution >= 4 is 34.8 Å². The third-order valence-electron chi connectivity index (χ3n) is 6.13. The van der Waals surface area contributed by atoms with E-state index in [1.54, 1.807) is 19.1 Å². The monoisotopic (exact) mass is 502 g/mol. The van der Waals surface area contributed by atoms with Gasteiger partial charge in [-0.1, -0.05) is 47.4 Å². The van der Waals surface area contributed by atoms with E-state index < -0.39 is 39.6 Å². The van der Waals surface area contributed by atoms with Crippen molar-refractivity contribution in [2.24, 2.45) is 5.16 Å². The minimum atomic E-state index is -4.86. The van der Waals surface area contributed by atoms with Crippen LogP contribution in [0.4, 0.5) is 17.6 Å². The van der Waals surface area contributed by atoms with Gasteiger partial charge in [-0.3, -0.25) is 4.79 Å². The van der Waals surface area contributed by atoms with Gasteiger partial charge < -0.3 is 10.2 Å². The number of alkyl halides is 3. The first-order valence-electron chi connectivity index (χ1n) is 10.4. The van der Waals surface area contributed by atoms with Crippen LogP contribution in [0.3, 0.4) is 0 Å². The molecule has 1 N–H and O–H groups in total. The summed E-state index contributed by atoms with van der Waals surface area (Å²) >= 11 is 11.5. The number of fused-ring (bicyclic) bond motifs is 1. The van der Waals surface area contributed by atoms with E-state index >= 15 is 0 Å². The molecule has 1 atom stereocenters. The standard InChI is InChI=1S/C23H20Cl2F4N2O2/c1-2-20(32)30-11-12-6-7-16(15-5-3-4-14(12)15)19-10-22(33-31-19,23(27,28)29)13-8-17(24)21(26)18(25)9-13/h6-9H,2-5,10-11H2,1H3,(H,30,32). The van der Waals surface area contributed by atoms with Crippen LogP contribution in [-0.4, -0.2) is 17.8 Å². The Bertz CT molecular complexity index is 1130. The molecule has 1 unspecified atom stereocenters. The lowest BCUT2D eigenvalue weighted by atomic mass is 9.84. The van der Waals surface area contributed by atoms with Crippen molar-refractivity contribution in [2.75, 3.05) is 0 Å². The quantitative estimate of drug-likeness (QED) is 0.389. The van der Waals surface area contributed by atoms with E-state index in [2.05, 4.69) is 10.5 Å². The van der Waals surface area contributed by atoms with Gasteiger partial charge >= 0.3 is 6.18 Å². The van der Waals surface area contributed by atoms with Crippen molar-refractivity contribution in [3.8, 4) is 0 Å². The average Bonchev–Trinajstić information content (AvgIpc) is 3.43. The summed E-state index contributed by atoms with van der Waals surface area (Å²) in [5, 5.41) is 5.60. The molecule has 0 saturated heterocycles. The first-order chi connectivity index (χ1) is 15.6. The molecule has 0 bridgehead atoms. The zero-order valence-corrected chi connectivity index (χ0v) is 19.1. The third-order valence-corrected chi connectivity index (χ3v) is 6.68. The van der Waals surface area contributed by atoms with Crippen LogP contribution in [0, 0.1) is 5.82 Å². The molecule has 0 fully saturated rings. The lowest BCUT2D eigenvalue weighted by molar-refractivity contribution is -0.275. The van der Waals surface area contributed by atoms with E-state index in [1.165, 1.54) is 0 Å². The van der Waals surface area contributed by atoms with Gasteiger partial charge in [0.15, 0.2) is 5.82 Å². The van der Waals surface area contributed by atoms with Crippen molar-refractivity contribution in [2.45, 2.75) is 57.3 Å². The summed E-state index contributed by atoms with van der Waals surface area (Å²) in [6.45, 7) is 2.12. The van der Waals surface area contributed by atoms with Crippen LogP contribution in [0.15, 0.2) is 29.4 Å². The maximum Gasteiger partial charge on any atom is 0.435 e. The molecule has 33 heavy (non-hydrogen) atoms. The number of carbonyl (C=O) groups is 1. The van der Waals surface area contributed by atoms with Crippen LogP contribution in [0.5, 0.6) is 0 Å². The molecule has 2 aliphatic rings. The number of carbonyl (C=O) groups excluding carboxylic acids is 1. The summed E-state index contributed by atoms with van der Waals surface area (Å²) < 4.78 is 56.7. The number of hydrogen-bond acceptors (Lipinski definition) is 3. The molecule has 1 aliphatic heterocycles. The Morgan fingerprint density at radius 2 is 1.85 bits per heavy atom. The van der Waals surface area contributed by atoms with Gasteiger partial charge in [-0.2, -0.15) is 13.2 Å². The number of nitrogens with one attached hydrogen (secondary N) is 1. The number of amides is 1. The molecule has 1 aliphatic carbocycles. The molecule has 1 amide bonds. The Morgan fingerprint density at radius 3 is 2.48 bits per heavy atom. The second-order valence-electron chi connectivity index (χ2n) is 8.10. The van der Waals surface area contributed by atoms with Crippen molar-refractivity contribution in [1.29, 1.82) is 0 Å². The van der Waals surface area contributed by atoms with Gasteiger partial charge in [0.1, 0.15) is 0 Å². The Hall–Kier alpha value is -2.32. The second kappa shape index (κ2) is 8.80. The molecule has 0 spiro atoms. The number of oxime groups is 1. The molecule has 0 aromatic heterocycles. The van der Waals surface area contributed by atoms with Crippen LogP contribution in [0.1, 0.15) is 54.0 Å². The van der Waals surface area contributed by atoms with Crippen LogP contribution in [-0.2, 0) is 34.6 Å². The normalized spacial score (nSPS) is 19.8. The Balaban J connectivity index is 1.70. The number of hydrogen-bond donors (Lipinski definition) is 1. The van der Waals surface area contributed by atoms with Crippen LogP contribution < -0.4 is 5.32 Å². The van der Waals surface area contributed by atoms with Crippen LogP contribution in [0.25, 0.3) is 0 Å². The lowest BCUT2D eigenvalue weighted by Gasteiger charge is -2.30. The highest BCUT2D eigenvalue weighted by atomic mass is 35.5. The van der Waals surface area contributed by atoms with Gasteiger partial charge in [-0.25, -0.2) is 4.39 Å². The Morgan fingerprint density at radius 1 is 1.18 bits per heavy atom. The second-order valence-corrected chi connectivity index (χ2v) is 8.91. The minimum Gasteiger partial charge on any atom is -0.374 e. The highest BCUT2D eigenvalue weighted by Gasteiger charge is 2.62. The SMILES string of the molecule is CCC(=O)NCc1ccc(C2=NOC(c3cc(Cl)c(F)c(Cl)c3)(C(F)(F)F)C2)c2c1CCC2. The molecule has 2 aromatic rings. The number of halogens is 6. The van der Waals surface area contributed by atoms with Gasteiger partial charge in [0.05, 0.1) is 15.8 Å². The summed E-state index contributed by atoms with van der Waals surface area (Å²) in [7, 11) is 0. The van der Waals surface area contributed by atoms with E-state index in [4.69, 9.17) is 28.0 Å². The number of rotatable bonds is 5. The van der Waals surface area contributed by atoms with E-state index in [9.17, 15) is 22.4 Å². The maximum atomic E-state index is 14.3. The topological polar surface area (TPSA) is 50.7 Å². The lowest BCUT2D eigenvalue weighted by Crippen LogP contribution is -2.42. The molecular formula is C23H20Cl2F4N2O2. The van der Waals surface area contributed by atoms with Crippen LogP contribution in [0.2, 0.25) is 10.0 Å². The summed E-state index contributed by atoms with van der Waals surface area (Å²) in [6, 6.07) is 5.27. The predicted molar refractivity (Wildman–Crippen MR) is 117 cm³/mol. The zero-order valence-electron chi connectivity index (χ0n) is 17.6. The number of benzene rings is 2. The molecule has 1 heterocycles. The van der Waals surface area contributed by atoms with E-state index in [-0.39, 0.29) is 11.6 Å². The molecule has 4 rings (SSSR count). The average molecular weight is 503 g/mol. The van der Waals surface area contributed by atoms with Gasteiger partial charge in [-0.05, 0) is 48.1 Å². The summed E-state index contributed by atoms with van der Waals surface area (Å²) in [6.07, 6.45) is -2.80. The maximum absolute atomic E-state index is 14.3. The fraction of sp³-hybridized carbons (Fsp3) is 0.391. The molecule has 0 radical (unpaired) electrons.